The Labute approximate surface area is 57.1 Å². The summed E-state index contributed by atoms with van der Waals surface area (Å²) in [6.45, 7) is 0. The maximum Gasteiger partial charge on any atom is 0.141 e. The lowest BCUT2D eigenvalue weighted by Gasteiger charge is -1.94. The first kappa shape index (κ1) is 6.63. The summed E-state index contributed by atoms with van der Waals surface area (Å²) < 4.78 is 11.5. The highest BCUT2D eigenvalue weighted by atomic mass is 29.1. The molecule has 0 atom stereocenters. The fourth-order valence-corrected chi connectivity index (χ4v) is 2.02. The third-order valence-electron chi connectivity index (χ3n) is 0.970. The predicted octanol–water partition coefficient (Wildman–Crippen LogP) is 0.907. The van der Waals surface area contributed by atoms with Gasteiger partial charge in [-0.25, -0.2) is 0 Å². The molecule has 1 aromatic heterocycles. The number of hydrogen-bond donors (Lipinski definition) is 0. The van der Waals surface area contributed by atoms with Gasteiger partial charge in [-0.1, -0.05) is 17.8 Å². The van der Waals surface area contributed by atoms with Gasteiger partial charge in [-0.05, 0) is 6.07 Å². The molecule has 0 unspecified atom stereocenters. The quantitative estimate of drug-likeness (QED) is 0.548. The molecular formula is C5H4FOSi2. The van der Waals surface area contributed by atoms with E-state index in [-0.39, 0.29) is 0 Å². The van der Waals surface area contributed by atoms with Crippen molar-refractivity contribution in [2.24, 2.45) is 0 Å². The van der Waals surface area contributed by atoms with Gasteiger partial charge in [-0.15, -0.1) is 0 Å². The third-order valence-corrected chi connectivity index (χ3v) is 3.51. The van der Waals surface area contributed by atoms with E-state index in [2.05, 4.69) is 14.7 Å². The van der Waals surface area contributed by atoms with Gasteiger partial charge in [-0.2, -0.15) is 0 Å². The van der Waals surface area contributed by atoms with Gasteiger partial charge in [0.2, 0.25) is 0 Å². The summed E-state index contributed by atoms with van der Waals surface area (Å²) in [7, 11) is 2.30. The van der Waals surface area contributed by atoms with E-state index in [1.165, 1.54) is 0 Å². The molecule has 4 heteroatoms. The molecule has 0 aliphatic heterocycles. The van der Waals surface area contributed by atoms with Crippen LogP contribution < -0.4 is 4.94 Å². The molecule has 0 aromatic carbocycles. The molecule has 45 valence electrons. The van der Waals surface area contributed by atoms with E-state index in [1.807, 2.05) is 11.7 Å². The van der Waals surface area contributed by atoms with Crippen LogP contribution in [0.3, 0.4) is 0 Å². The topological polar surface area (TPSA) is 9.23 Å². The molecule has 0 fully saturated rings. The Hall–Kier alpha value is -0.486. The molecule has 1 rings (SSSR count). The van der Waals surface area contributed by atoms with Crippen LogP contribution in [0, 0.1) is 0 Å². The van der Waals surface area contributed by atoms with Gasteiger partial charge in [-0.3, -0.25) is 0 Å². The van der Waals surface area contributed by atoms with Crippen LogP contribution in [-0.4, -0.2) is 17.7 Å². The normalized spacial score (nSPS) is 9.11. The van der Waals surface area contributed by atoms with Crippen LogP contribution in [0.25, 0.3) is 0 Å². The largest absolute Gasteiger partial charge is 0.301 e. The number of hydrogen-bond acceptors (Lipinski definition) is 1. The molecule has 3 radical (unpaired) electrons. The molecule has 0 bridgehead atoms. The Kier molecular flexibility index (Phi) is 2.12. The molecule has 1 heterocycles. The van der Waals surface area contributed by atoms with Crippen molar-refractivity contribution in [3.05, 3.63) is 23.9 Å². The monoisotopic (exact) mass is 155 g/mol. The van der Waals surface area contributed by atoms with Gasteiger partial charge in [0, 0.05) is 14.3 Å². The molecule has 0 spiro atoms. The van der Waals surface area contributed by atoms with Gasteiger partial charge in [0.25, 0.3) is 0 Å². The number of rotatable bonds is 1. The van der Waals surface area contributed by atoms with E-state index in [0.29, 0.717) is 5.36 Å². The Morgan fingerprint density at radius 2 is 2.33 bits per heavy atom. The minimum Gasteiger partial charge on any atom is -0.301 e. The molecule has 9 heavy (non-hydrogen) atoms. The zero-order valence-corrected chi connectivity index (χ0v) is 6.60. The Bertz CT molecular complexity index is 204. The zero-order valence-electron chi connectivity index (χ0n) is 4.60. The van der Waals surface area contributed by atoms with Crippen LogP contribution in [0.5, 0.6) is 5.36 Å². The maximum absolute atomic E-state index is 11.5. The molecule has 0 saturated carbocycles. The summed E-state index contributed by atoms with van der Waals surface area (Å²) in [4.78, 5) is 3.58. The fraction of sp³-hybridized carbons (Fsp3) is 0. The minimum atomic E-state index is -1.02. The predicted molar refractivity (Wildman–Crippen MR) is 35.3 cm³/mol. The summed E-state index contributed by atoms with van der Waals surface area (Å²) in [5, 5.41) is 0.388. The van der Waals surface area contributed by atoms with Crippen LogP contribution in [0.4, 0.5) is 4.53 Å². The summed E-state index contributed by atoms with van der Waals surface area (Å²) in [6, 6.07) is 5.22. The second-order valence-electron chi connectivity index (χ2n) is 1.57. The highest BCUT2D eigenvalue weighted by Crippen LogP contribution is 2.05. The zero-order chi connectivity index (χ0) is 6.69. The van der Waals surface area contributed by atoms with E-state index in [9.17, 15) is 4.53 Å². The Morgan fingerprint density at radius 1 is 1.56 bits per heavy atom. The maximum atomic E-state index is 11.5. The molecular weight excluding hydrogens is 151 g/mol. The van der Waals surface area contributed by atoms with Gasteiger partial charge in [0.05, 0.1) is 7.91 Å². The van der Waals surface area contributed by atoms with Crippen molar-refractivity contribution in [1.82, 2.24) is 0 Å². The van der Waals surface area contributed by atoms with Crippen molar-refractivity contribution in [1.29, 1.82) is 0 Å². The SMILES string of the molecule is FOc1cccc[si]1[Si]. The van der Waals surface area contributed by atoms with E-state index < -0.39 is 7.91 Å². The third kappa shape index (κ3) is 1.46. The van der Waals surface area contributed by atoms with Crippen LogP contribution in [0.15, 0.2) is 23.9 Å². The van der Waals surface area contributed by atoms with Crippen LogP contribution in [0.2, 0.25) is 0 Å². The molecule has 0 saturated heterocycles. The van der Waals surface area contributed by atoms with E-state index in [4.69, 9.17) is 0 Å². The highest BCUT2D eigenvalue weighted by molar-refractivity contribution is 7.00. The first-order chi connectivity index (χ1) is 4.34. The lowest BCUT2D eigenvalue weighted by atomic mass is 10.6. The standard InChI is InChI=1S/C5H4FOSi2/c6-7-5-3-1-2-4-9(5)8/h1-4H. The Balaban J connectivity index is 3.01. The average Bonchev–Trinajstić information content (AvgIpc) is 1.89. The van der Waals surface area contributed by atoms with E-state index in [0.717, 1.165) is 0 Å². The second-order valence-corrected chi connectivity index (χ2v) is 4.84. The van der Waals surface area contributed by atoms with Crippen molar-refractivity contribution in [2.75, 3.05) is 0 Å². The Morgan fingerprint density at radius 3 is 2.78 bits per heavy atom. The smallest absolute Gasteiger partial charge is 0.141 e. The lowest BCUT2D eigenvalue weighted by molar-refractivity contribution is -0.00234. The van der Waals surface area contributed by atoms with Crippen LogP contribution >= 0.6 is 0 Å². The highest BCUT2D eigenvalue weighted by Gasteiger charge is 1.95. The van der Waals surface area contributed by atoms with Crippen molar-refractivity contribution in [3.63, 3.8) is 0 Å². The van der Waals surface area contributed by atoms with Crippen LogP contribution in [-0.2, 0) is 0 Å². The lowest BCUT2D eigenvalue weighted by Crippen LogP contribution is -1.97. The molecule has 0 N–H and O–H groups in total. The van der Waals surface area contributed by atoms with Gasteiger partial charge in [0.1, 0.15) is 5.36 Å². The summed E-state index contributed by atoms with van der Waals surface area (Å²) in [5.41, 5.74) is 1.89. The fourth-order valence-electron chi connectivity index (χ4n) is 0.534. The number of halogens is 1. The van der Waals surface area contributed by atoms with Gasteiger partial charge >= 0.3 is 0 Å². The average molecular weight is 155 g/mol. The van der Waals surface area contributed by atoms with Gasteiger partial charge in [0.15, 0.2) is 0 Å². The first-order valence-electron chi connectivity index (χ1n) is 2.44. The first-order valence-corrected chi connectivity index (χ1v) is 5.51. The summed E-state index contributed by atoms with van der Waals surface area (Å²) >= 11 is 0. The van der Waals surface area contributed by atoms with Crippen LogP contribution in [0.1, 0.15) is 0 Å². The molecule has 0 aliphatic rings. The molecule has 0 aliphatic carbocycles. The summed E-state index contributed by atoms with van der Waals surface area (Å²) in [6.07, 6.45) is 0. The van der Waals surface area contributed by atoms with Gasteiger partial charge < -0.3 is 4.94 Å². The van der Waals surface area contributed by atoms with Crippen molar-refractivity contribution in [2.45, 2.75) is 0 Å². The van der Waals surface area contributed by atoms with E-state index in [1.54, 1.807) is 12.1 Å². The molecule has 1 aromatic rings. The molecule has 1 nitrogen and oxygen atoms in total. The van der Waals surface area contributed by atoms with Crippen molar-refractivity contribution in [3.8, 4) is 5.36 Å². The summed E-state index contributed by atoms with van der Waals surface area (Å²) in [5.74, 6) is 0. The minimum absolute atomic E-state index is 0.388. The van der Waals surface area contributed by atoms with Crippen molar-refractivity contribution >= 4 is 17.7 Å². The second kappa shape index (κ2) is 2.88. The van der Waals surface area contributed by atoms with Crippen molar-refractivity contribution < 1.29 is 9.47 Å². The van der Waals surface area contributed by atoms with E-state index >= 15 is 0 Å². The molecule has 0 amide bonds.